The van der Waals surface area contributed by atoms with Crippen molar-refractivity contribution in [3.05, 3.63) is 35.4 Å². The Balaban J connectivity index is 2.50. The van der Waals surface area contributed by atoms with Crippen molar-refractivity contribution in [3.63, 3.8) is 0 Å². The molecule has 2 aromatic heterocycles. The fourth-order valence-corrected chi connectivity index (χ4v) is 1.22. The fourth-order valence-electron chi connectivity index (χ4n) is 1.07. The molecule has 0 amide bonds. The summed E-state index contributed by atoms with van der Waals surface area (Å²) in [6.45, 7) is 1.95. The minimum absolute atomic E-state index is 0.394. The van der Waals surface area contributed by atoms with Crippen LogP contribution in [0.15, 0.2) is 33.5 Å². The molecule has 2 heterocycles. The highest BCUT2D eigenvalue weighted by molar-refractivity contribution is 6.29. The smallest absolute Gasteiger partial charge is 0.193 e. The zero-order valence-corrected chi connectivity index (χ0v) is 7.26. The molecule has 0 spiro atoms. The van der Waals surface area contributed by atoms with Crippen LogP contribution < -0.4 is 0 Å². The van der Waals surface area contributed by atoms with Crippen LogP contribution in [0.1, 0.15) is 5.56 Å². The highest BCUT2D eigenvalue weighted by Gasteiger charge is 2.07. The lowest BCUT2D eigenvalue weighted by atomic mass is 10.2. The van der Waals surface area contributed by atoms with Crippen LogP contribution in [-0.2, 0) is 0 Å². The van der Waals surface area contributed by atoms with E-state index in [4.69, 9.17) is 20.4 Å². The molecule has 62 valence electrons. The summed E-state index contributed by atoms with van der Waals surface area (Å²) in [5.41, 5.74) is 1.99. The zero-order valence-electron chi connectivity index (χ0n) is 6.50. The number of hydrogen-bond acceptors (Lipinski definition) is 2. The second kappa shape index (κ2) is 2.72. The van der Waals surface area contributed by atoms with Crippen LogP contribution in [0.2, 0.25) is 5.22 Å². The first-order valence-electron chi connectivity index (χ1n) is 3.56. The Morgan fingerprint density at radius 2 is 2.08 bits per heavy atom. The van der Waals surface area contributed by atoms with Crippen LogP contribution in [0.3, 0.4) is 0 Å². The molecular weight excluding hydrogens is 176 g/mol. The van der Waals surface area contributed by atoms with Gasteiger partial charge in [0.1, 0.15) is 12.0 Å². The molecule has 0 aromatic carbocycles. The fraction of sp³-hybridized carbons (Fsp3) is 0.111. The van der Waals surface area contributed by atoms with Crippen molar-refractivity contribution < 1.29 is 8.83 Å². The molecule has 2 aromatic rings. The predicted octanol–water partition coefficient (Wildman–Crippen LogP) is 3.50. The molecule has 3 heteroatoms. The van der Waals surface area contributed by atoms with Crippen molar-refractivity contribution >= 4 is 11.6 Å². The van der Waals surface area contributed by atoms with Gasteiger partial charge < -0.3 is 8.83 Å². The molecule has 0 N–H and O–H groups in total. The van der Waals surface area contributed by atoms with Crippen LogP contribution in [-0.4, -0.2) is 0 Å². The molecule has 0 atom stereocenters. The van der Waals surface area contributed by atoms with E-state index in [0.717, 1.165) is 16.9 Å². The zero-order chi connectivity index (χ0) is 8.55. The number of aryl methyl sites for hydroxylation is 1. The van der Waals surface area contributed by atoms with E-state index in [1.807, 2.05) is 13.0 Å². The first-order chi connectivity index (χ1) is 5.77. The minimum atomic E-state index is 0.394. The number of halogens is 1. The van der Waals surface area contributed by atoms with Gasteiger partial charge in [-0.3, -0.25) is 0 Å². The standard InChI is InChI=1S/C9H7ClO2/c1-6-4-11-5-7(6)8-2-3-9(10)12-8/h2-5H,1H3. The van der Waals surface area contributed by atoms with Gasteiger partial charge in [0.05, 0.1) is 11.8 Å². The van der Waals surface area contributed by atoms with Gasteiger partial charge in [0.25, 0.3) is 0 Å². The summed E-state index contributed by atoms with van der Waals surface area (Å²) >= 11 is 5.63. The van der Waals surface area contributed by atoms with Crippen LogP contribution >= 0.6 is 11.6 Å². The van der Waals surface area contributed by atoms with E-state index < -0.39 is 0 Å². The summed E-state index contributed by atoms with van der Waals surface area (Å²) in [6.07, 6.45) is 3.32. The van der Waals surface area contributed by atoms with Crippen LogP contribution in [0.4, 0.5) is 0 Å². The molecule has 0 unspecified atom stereocenters. The van der Waals surface area contributed by atoms with Gasteiger partial charge in [-0.15, -0.1) is 0 Å². The third-order valence-corrected chi connectivity index (χ3v) is 1.90. The first kappa shape index (κ1) is 7.50. The summed E-state index contributed by atoms with van der Waals surface area (Å²) in [6, 6.07) is 3.53. The Morgan fingerprint density at radius 1 is 1.25 bits per heavy atom. The maximum Gasteiger partial charge on any atom is 0.193 e. The quantitative estimate of drug-likeness (QED) is 0.675. The average molecular weight is 183 g/mol. The predicted molar refractivity (Wildman–Crippen MR) is 46.2 cm³/mol. The third-order valence-electron chi connectivity index (χ3n) is 1.69. The van der Waals surface area contributed by atoms with E-state index >= 15 is 0 Å². The molecule has 0 saturated carbocycles. The third kappa shape index (κ3) is 1.14. The summed E-state index contributed by atoms with van der Waals surface area (Å²) in [5, 5.41) is 0.394. The molecule has 0 aliphatic carbocycles. The SMILES string of the molecule is Cc1cocc1-c1ccc(Cl)o1. The maximum atomic E-state index is 5.63. The van der Waals surface area contributed by atoms with Crippen molar-refractivity contribution in [2.45, 2.75) is 6.92 Å². The van der Waals surface area contributed by atoms with E-state index in [1.54, 1.807) is 18.6 Å². The van der Waals surface area contributed by atoms with Crippen LogP contribution in [0.5, 0.6) is 0 Å². The molecule has 2 rings (SSSR count). The van der Waals surface area contributed by atoms with Gasteiger partial charge in [0.2, 0.25) is 0 Å². The van der Waals surface area contributed by atoms with Crippen molar-refractivity contribution in [2.24, 2.45) is 0 Å². The second-order valence-electron chi connectivity index (χ2n) is 2.57. The highest BCUT2D eigenvalue weighted by atomic mass is 35.5. The lowest BCUT2D eigenvalue weighted by molar-refractivity contribution is 0.560. The van der Waals surface area contributed by atoms with Gasteiger partial charge in [-0.25, -0.2) is 0 Å². The Morgan fingerprint density at radius 3 is 2.58 bits per heavy atom. The molecule has 0 saturated heterocycles. The molecule has 12 heavy (non-hydrogen) atoms. The van der Waals surface area contributed by atoms with E-state index in [2.05, 4.69) is 0 Å². The highest BCUT2D eigenvalue weighted by Crippen LogP contribution is 2.27. The topological polar surface area (TPSA) is 26.3 Å². The second-order valence-corrected chi connectivity index (χ2v) is 2.94. The largest absolute Gasteiger partial charge is 0.472 e. The van der Waals surface area contributed by atoms with Crippen molar-refractivity contribution in [1.82, 2.24) is 0 Å². The van der Waals surface area contributed by atoms with Gasteiger partial charge in [-0.05, 0) is 36.2 Å². The Hall–Kier alpha value is -1.15. The number of hydrogen-bond donors (Lipinski definition) is 0. The Kier molecular flexibility index (Phi) is 1.70. The maximum absolute atomic E-state index is 5.63. The van der Waals surface area contributed by atoms with Gasteiger partial charge in [0.15, 0.2) is 5.22 Å². The Labute approximate surface area is 74.7 Å². The summed E-state index contributed by atoms with van der Waals surface area (Å²) in [7, 11) is 0. The number of rotatable bonds is 1. The molecule has 0 bridgehead atoms. The van der Waals surface area contributed by atoms with Crippen LogP contribution in [0, 0.1) is 6.92 Å². The lowest BCUT2D eigenvalue weighted by Crippen LogP contribution is -1.70. The van der Waals surface area contributed by atoms with E-state index in [1.165, 1.54) is 0 Å². The Bertz CT molecular complexity index is 387. The lowest BCUT2D eigenvalue weighted by Gasteiger charge is -1.90. The van der Waals surface area contributed by atoms with Gasteiger partial charge in [-0.1, -0.05) is 0 Å². The van der Waals surface area contributed by atoms with Gasteiger partial charge >= 0.3 is 0 Å². The monoisotopic (exact) mass is 182 g/mol. The number of furan rings is 2. The molecular formula is C9H7ClO2. The summed E-state index contributed by atoms with van der Waals surface area (Å²) in [5.74, 6) is 0.742. The minimum Gasteiger partial charge on any atom is -0.472 e. The van der Waals surface area contributed by atoms with Crippen molar-refractivity contribution in [1.29, 1.82) is 0 Å². The van der Waals surface area contributed by atoms with Gasteiger partial charge in [-0.2, -0.15) is 0 Å². The molecule has 0 aliphatic rings. The van der Waals surface area contributed by atoms with Crippen LogP contribution in [0.25, 0.3) is 11.3 Å². The molecule has 0 fully saturated rings. The van der Waals surface area contributed by atoms with Gasteiger partial charge in [0, 0.05) is 0 Å². The summed E-state index contributed by atoms with van der Waals surface area (Å²) in [4.78, 5) is 0. The van der Waals surface area contributed by atoms with E-state index in [-0.39, 0.29) is 0 Å². The molecule has 2 nitrogen and oxygen atoms in total. The van der Waals surface area contributed by atoms with E-state index in [9.17, 15) is 0 Å². The average Bonchev–Trinajstić information content (AvgIpc) is 2.58. The van der Waals surface area contributed by atoms with Crippen molar-refractivity contribution in [3.8, 4) is 11.3 Å². The van der Waals surface area contributed by atoms with Crippen molar-refractivity contribution in [2.75, 3.05) is 0 Å². The van der Waals surface area contributed by atoms with E-state index in [0.29, 0.717) is 5.22 Å². The molecule has 0 aliphatic heterocycles. The summed E-state index contributed by atoms with van der Waals surface area (Å²) < 4.78 is 10.2. The first-order valence-corrected chi connectivity index (χ1v) is 3.93. The molecule has 0 radical (unpaired) electrons. The normalized spacial score (nSPS) is 10.5.